The predicted molar refractivity (Wildman–Crippen MR) is 65.1 cm³/mol. The van der Waals surface area contributed by atoms with Crippen molar-refractivity contribution < 1.29 is 9.63 Å². The van der Waals surface area contributed by atoms with Gasteiger partial charge in [-0.15, -0.1) is 0 Å². The molecule has 1 aromatic rings. The summed E-state index contributed by atoms with van der Waals surface area (Å²) in [5, 5.41) is 13.4. The minimum absolute atomic E-state index is 0.288. The fraction of sp³-hybridized carbons (Fsp3) is 0.833. The quantitative estimate of drug-likeness (QED) is 0.817. The smallest absolute Gasteiger partial charge is 0.226 e. The summed E-state index contributed by atoms with van der Waals surface area (Å²) in [7, 11) is 0. The molecule has 18 heavy (non-hydrogen) atoms. The van der Waals surface area contributed by atoms with Gasteiger partial charge in [0, 0.05) is 39.1 Å². The largest absolute Gasteiger partial charge is 0.393 e. The van der Waals surface area contributed by atoms with Gasteiger partial charge in [0.05, 0.1) is 12.1 Å². The fourth-order valence-corrected chi connectivity index (χ4v) is 2.70. The standard InChI is InChI=1S/C12H20N4O2/c1-9(17)2-3-11-13-12(14-18-11)10-8-15-4-6-16(10)7-5-15/h9-10,17H,2-8H2,1H3. The minimum atomic E-state index is -0.319. The van der Waals surface area contributed by atoms with Crippen LogP contribution in [-0.2, 0) is 6.42 Å². The van der Waals surface area contributed by atoms with Gasteiger partial charge in [0.15, 0.2) is 5.82 Å². The first-order valence-corrected chi connectivity index (χ1v) is 6.69. The molecule has 1 N–H and O–H groups in total. The molecule has 6 heteroatoms. The topological polar surface area (TPSA) is 65.6 Å². The van der Waals surface area contributed by atoms with E-state index in [1.165, 1.54) is 0 Å². The molecule has 2 atom stereocenters. The maximum atomic E-state index is 9.25. The minimum Gasteiger partial charge on any atom is -0.393 e. The highest BCUT2D eigenvalue weighted by Crippen LogP contribution is 2.26. The number of aromatic nitrogens is 2. The number of fused-ring (bicyclic) bond motifs is 3. The van der Waals surface area contributed by atoms with E-state index >= 15 is 0 Å². The van der Waals surface area contributed by atoms with Crippen molar-refractivity contribution in [1.82, 2.24) is 19.9 Å². The van der Waals surface area contributed by atoms with Crippen molar-refractivity contribution >= 4 is 0 Å². The van der Waals surface area contributed by atoms with Crippen molar-refractivity contribution in [3.8, 4) is 0 Å². The number of hydrogen-bond acceptors (Lipinski definition) is 6. The third kappa shape index (κ3) is 2.41. The molecule has 4 heterocycles. The first-order valence-electron chi connectivity index (χ1n) is 6.69. The molecule has 1 aromatic heterocycles. The molecule has 0 radical (unpaired) electrons. The first kappa shape index (κ1) is 12.1. The fourth-order valence-electron chi connectivity index (χ4n) is 2.70. The molecule has 2 unspecified atom stereocenters. The normalized spacial score (nSPS) is 32.7. The Labute approximate surface area is 107 Å². The van der Waals surface area contributed by atoms with Crippen LogP contribution in [0, 0.1) is 0 Å². The number of rotatable bonds is 4. The second kappa shape index (κ2) is 4.95. The van der Waals surface area contributed by atoms with Gasteiger partial charge in [-0.25, -0.2) is 0 Å². The molecule has 0 saturated carbocycles. The Kier molecular flexibility index (Phi) is 3.32. The highest BCUT2D eigenvalue weighted by molar-refractivity contribution is 5.01. The maximum Gasteiger partial charge on any atom is 0.226 e. The summed E-state index contributed by atoms with van der Waals surface area (Å²) in [4.78, 5) is 9.36. The highest BCUT2D eigenvalue weighted by Gasteiger charge is 2.35. The molecule has 3 fully saturated rings. The Morgan fingerprint density at radius 3 is 2.78 bits per heavy atom. The Morgan fingerprint density at radius 1 is 1.39 bits per heavy atom. The summed E-state index contributed by atoms with van der Waals surface area (Å²) < 4.78 is 5.26. The van der Waals surface area contributed by atoms with Crippen LogP contribution in [0.25, 0.3) is 0 Å². The average molecular weight is 252 g/mol. The van der Waals surface area contributed by atoms with E-state index in [2.05, 4.69) is 19.9 Å². The van der Waals surface area contributed by atoms with Gasteiger partial charge < -0.3 is 9.63 Å². The molecule has 0 amide bonds. The average Bonchev–Trinajstić information content (AvgIpc) is 2.86. The maximum absolute atomic E-state index is 9.25. The zero-order valence-corrected chi connectivity index (χ0v) is 10.7. The molecule has 3 saturated heterocycles. The summed E-state index contributed by atoms with van der Waals surface area (Å²) in [5.74, 6) is 1.45. The molecular formula is C12H20N4O2. The number of aliphatic hydroxyl groups is 1. The molecule has 100 valence electrons. The van der Waals surface area contributed by atoms with Gasteiger partial charge in [-0.2, -0.15) is 4.98 Å². The van der Waals surface area contributed by atoms with E-state index in [0.717, 1.165) is 38.5 Å². The lowest BCUT2D eigenvalue weighted by Gasteiger charge is -2.46. The zero-order chi connectivity index (χ0) is 12.5. The number of aryl methyl sites for hydroxylation is 1. The summed E-state index contributed by atoms with van der Waals surface area (Å²) in [6.07, 6.45) is 1.00. The predicted octanol–water partition coefficient (Wildman–Crippen LogP) is 0.0553. The molecular weight excluding hydrogens is 232 g/mol. The molecule has 0 aliphatic carbocycles. The molecule has 6 nitrogen and oxygen atoms in total. The van der Waals surface area contributed by atoms with Crippen molar-refractivity contribution in [2.24, 2.45) is 0 Å². The van der Waals surface area contributed by atoms with E-state index in [-0.39, 0.29) is 12.1 Å². The SMILES string of the molecule is CC(O)CCc1nc(C2CN3CCN2CC3)no1. The molecule has 0 spiro atoms. The summed E-state index contributed by atoms with van der Waals surface area (Å²) >= 11 is 0. The Hall–Kier alpha value is -0.980. The van der Waals surface area contributed by atoms with Gasteiger partial charge in [0.25, 0.3) is 0 Å². The first-order chi connectivity index (χ1) is 8.72. The van der Waals surface area contributed by atoms with E-state index in [9.17, 15) is 5.11 Å². The van der Waals surface area contributed by atoms with E-state index in [1.54, 1.807) is 6.92 Å². The van der Waals surface area contributed by atoms with E-state index in [1.807, 2.05) is 0 Å². The lowest BCUT2D eigenvalue weighted by molar-refractivity contribution is 0.00781. The summed E-state index contributed by atoms with van der Waals surface area (Å²) in [6, 6.07) is 0.288. The van der Waals surface area contributed by atoms with E-state index in [4.69, 9.17) is 4.52 Å². The van der Waals surface area contributed by atoms with Crippen molar-refractivity contribution in [1.29, 1.82) is 0 Å². The third-order valence-corrected chi connectivity index (χ3v) is 3.84. The second-order valence-corrected chi connectivity index (χ2v) is 5.29. The molecule has 3 aliphatic heterocycles. The van der Waals surface area contributed by atoms with Crippen molar-refractivity contribution in [3.63, 3.8) is 0 Å². The van der Waals surface area contributed by atoms with Crippen LogP contribution in [-0.4, -0.2) is 63.9 Å². The van der Waals surface area contributed by atoms with Gasteiger partial charge in [-0.1, -0.05) is 5.16 Å². The Bertz CT molecular complexity index is 399. The zero-order valence-electron chi connectivity index (χ0n) is 10.7. The number of hydrogen-bond donors (Lipinski definition) is 1. The Morgan fingerprint density at radius 2 is 2.17 bits per heavy atom. The van der Waals surface area contributed by atoms with Crippen LogP contribution in [0.2, 0.25) is 0 Å². The van der Waals surface area contributed by atoms with Crippen LogP contribution in [0.5, 0.6) is 0 Å². The monoisotopic (exact) mass is 252 g/mol. The van der Waals surface area contributed by atoms with Gasteiger partial charge in [0.1, 0.15) is 0 Å². The molecule has 2 bridgehead atoms. The number of aliphatic hydroxyl groups excluding tert-OH is 1. The van der Waals surface area contributed by atoms with E-state index < -0.39 is 0 Å². The van der Waals surface area contributed by atoms with Crippen LogP contribution >= 0.6 is 0 Å². The lowest BCUT2D eigenvalue weighted by Crippen LogP contribution is -2.57. The van der Waals surface area contributed by atoms with Gasteiger partial charge in [0.2, 0.25) is 5.89 Å². The van der Waals surface area contributed by atoms with Gasteiger partial charge in [-0.3, -0.25) is 9.80 Å². The number of piperazine rings is 3. The second-order valence-electron chi connectivity index (χ2n) is 5.29. The van der Waals surface area contributed by atoms with Crippen LogP contribution in [0.4, 0.5) is 0 Å². The van der Waals surface area contributed by atoms with Crippen LogP contribution in [0.15, 0.2) is 4.52 Å². The van der Waals surface area contributed by atoms with Gasteiger partial charge >= 0.3 is 0 Å². The van der Waals surface area contributed by atoms with Crippen LogP contribution < -0.4 is 0 Å². The van der Waals surface area contributed by atoms with Crippen molar-refractivity contribution in [2.45, 2.75) is 31.9 Å². The molecule has 3 aliphatic rings. The summed E-state index contributed by atoms with van der Waals surface area (Å²) in [5.41, 5.74) is 0. The van der Waals surface area contributed by atoms with Crippen LogP contribution in [0.3, 0.4) is 0 Å². The van der Waals surface area contributed by atoms with Crippen molar-refractivity contribution in [2.75, 3.05) is 32.7 Å². The van der Waals surface area contributed by atoms with Crippen molar-refractivity contribution in [3.05, 3.63) is 11.7 Å². The molecule has 0 aromatic carbocycles. The lowest BCUT2D eigenvalue weighted by atomic mass is 10.1. The highest BCUT2D eigenvalue weighted by atomic mass is 16.5. The Balaban J connectivity index is 1.66. The summed E-state index contributed by atoms with van der Waals surface area (Å²) in [6.45, 7) is 7.29. The van der Waals surface area contributed by atoms with E-state index in [0.29, 0.717) is 18.7 Å². The van der Waals surface area contributed by atoms with Crippen LogP contribution in [0.1, 0.15) is 31.1 Å². The molecule has 4 rings (SSSR count). The van der Waals surface area contributed by atoms with Gasteiger partial charge in [-0.05, 0) is 13.3 Å². The number of nitrogens with zero attached hydrogens (tertiary/aromatic N) is 4. The third-order valence-electron chi connectivity index (χ3n) is 3.84.